The van der Waals surface area contributed by atoms with Crippen molar-refractivity contribution in [1.29, 1.82) is 0 Å². The van der Waals surface area contributed by atoms with E-state index < -0.39 is 11.7 Å². The van der Waals surface area contributed by atoms with Crippen molar-refractivity contribution in [3.63, 3.8) is 0 Å². The minimum Gasteiger partial charge on any atom is -0.506 e. The van der Waals surface area contributed by atoms with Crippen LogP contribution < -0.4 is 0 Å². The molecule has 0 unspecified atom stereocenters. The number of benzene rings is 1. The number of hydrogen-bond acceptors (Lipinski definition) is 2. The first-order valence-electron chi connectivity index (χ1n) is 5.21. The zero-order chi connectivity index (χ0) is 13.3. The lowest BCUT2D eigenvalue weighted by molar-refractivity contribution is -0.137. The molecule has 0 saturated heterocycles. The molecule has 0 amide bonds. The van der Waals surface area contributed by atoms with E-state index in [1.54, 1.807) is 6.92 Å². The summed E-state index contributed by atoms with van der Waals surface area (Å²) in [7, 11) is 0. The van der Waals surface area contributed by atoms with Gasteiger partial charge in [0.2, 0.25) is 0 Å². The van der Waals surface area contributed by atoms with E-state index in [1.165, 1.54) is 24.4 Å². The van der Waals surface area contributed by atoms with E-state index in [-0.39, 0.29) is 5.75 Å². The monoisotopic (exact) mass is 253 g/mol. The van der Waals surface area contributed by atoms with Gasteiger partial charge in [0.1, 0.15) is 5.75 Å². The Morgan fingerprint density at radius 2 is 1.72 bits per heavy atom. The van der Waals surface area contributed by atoms with Gasteiger partial charge in [-0.1, -0.05) is 12.1 Å². The largest absolute Gasteiger partial charge is 0.506 e. The average molecular weight is 253 g/mol. The van der Waals surface area contributed by atoms with Crippen molar-refractivity contribution in [3.05, 3.63) is 47.7 Å². The summed E-state index contributed by atoms with van der Waals surface area (Å²) in [6, 6.07) is 6.29. The predicted octanol–water partition coefficient (Wildman–Crippen LogP) is 3.78. The molecule has 0 fully saturated rings. The number of aryl methyl sites for hydroxylation is 1. The number of nitrogens with zero attached hydrogens (tertiary/aromatic N) is 1. The standard InChI is InChI=1S/C13H10F3NO/c1-8-6-11(18)7-17-12(8)9-2-4-10(5-3-9)13(14,15)16/h2-7,18H,1H3. The lowest BCUT2D eigenvalue weighted by atomic mass is 10.0. The van der Waals surface area contributed by atoms with Crippen molar-refractivity contribution >= 4 is 0 Å². The SMILES string of the molecule is Cc1cc(O)cnc1-c1ccc(C(F)(F)F)cc1. The van der Waals surface area contributed by atoms with Crippen LogP contribution in [-0.4, -0.2) is 10.1 Å². The Morgan fingerprint density at radius 1 is 1.11 bits per heavy atom. The second-order valence-electron chi connectivity index (χ2n) is 3.93. The van der Waals surface area contributed by atoms with E-state index in [0.717, 1.165) is 12.1 Å². The minimum atomic E-state index is -4.34. The molecule has 94 valence electrons. The highest BCUT2D eigenvalue weighted by atomic mass is 19.4. The zero-order valence-corrected chi connectivity index (χ0v) is 9.49. The summed E-state index contributed by atoms with van der Waals surface area (Å²) in [6.45, 7) is 1.74. The first kappa shape index (κ1) is 12.4. The van der Waals surface area contributed by atoms with Crippen molar-refractivity contribution in [1.82, 2.24) is 4.98 Å². The van der Waals surface area contributed by atoms with E-state index in [9.17, 15) is 18.3 Å². The third-order valence-electron chi connectivity index (χ3n) is 2.55. The lowest BCUT2D eigenvalue weighted by Crippen LogP contribution is -2.04. The summed E-state index contributed by atoms with van der Waals surface area (Å²) in [6.07, 6.45) is -3.07. The number of pyridine rings is 1. The Labute approximate surface area is 102 Å². The van der Waals surface area contributed by atoms with Crippen molar-refractivity contribution in [2.24, 2.45) is 0 Å². The quantitative estimate of drug-likeness (QED) is 0.838. The fourth-order valence-electron chi connectivity index (χ4n) is 1.68. The van der Waals surface area contributed by atoms with Gasteiger partial charge in [-0.05, 0) is 30.7 Å². The topological polar surface area (TPSA) is 33.1 Å². The van der Waals surface area contributed by atoms with E-state index in [1.807, 2.05) is 0 Å². The van der Waals surface area contributed by atoms with Gasteiger partial charge in [-0.15, -0.1) is 0 Å². The van der Waals surface area contributed by atoms with Crippen molar-refractivity contribution in [3.8, 4) is 17.0 Å². The van der Waals surface area contributed by atoms with Gasteiger partial charge in [0, 0.05) is 5.56 Å². The van der Waals surface area contributed by atoms with E-state index in [4.69, 9.17) is 0 Å². The fourth-order valence-corrected chi connectivity index (χ4v) is 1.68. The molecule has 0 spiro atoms. The number of aromatic hydroxyl groups is 1. The molecule has 2 nitrogen and oxygen atoms in total. The van der Waals surface area contributed by atoms with Crippen molar-refractivity contribution in [2.75, 3.05) is 0 Å². The Bertz CT molecular complexity index is 561. The molecule has 0 saturated carbocycles. The van der Waals surface area contributed by atoms with E-state index in [2.05, 4.69) is 4.98 Å². The first-order chi connectivity index (χ1) is 8.38. The molecule has 5 heteroatoms. The average Bonchev–Trinajstić information content (AvgIpc) is 2.28. The summed E-state index contributed by atoms with van der Waals surface area (Å²) in [4.78, 5) is 4.01. The molecule has 0 bridgehead atoms. The number of hydrogen-bond donors (Lipinski definition) is 1. The zero-order valence-electron chi connectivity index (χ0n) is 9.49. The predicted molar refractivity (Wildman–Crippen MR) is 61.1 cm³/mol. The summed E-state index contributed by atoms with van der Waals surface area (Å²) in [5.41, 5.74) is 1.15. The molecule has 1 aromatic carbocycles. The highest BCUT2D eigenvalue weighted by Crippen LogP contribution is 2.31. The summed E-state index contributed by atoms with van der Waals surface area (Å²) in [5, 5.41) is 9.22. The third-order valence-corrected chi connectivity index (χ3v) is 2.55. The molecule has 0 atom stereocenters. The van der Waals surface area contributed by atoms with Crippen LogP contribution in [-0.2, 0) is 6.18 Å². The van der Waals surface area contributed by atoms with Crippen LogP contribution in [0.4, 0.5) is 13.2 Å². The second-order valence-corrected chi connectivity index (χ2v) is 3.93. The van der Waals surface area contributed by atoms with Crippen LogP contribution in [0, 0.1) is 6.92 Å². The van der Waals surface area contributed by atoms with Gasteiger partial charge >= 0.3 is 6.18 Å². The van der Waals surface area contributed by atoms with Crippen LogP contribution in [0.1, 0.15) is 11.1 Å². The van der Waals surface area contributed by atoms with Gasteiger partial charge < -0.3 is 5.11 Å². The molecule has 0 aliphatic carbocycles. The maximum absolute atomic E-state index is 12.4. The van der Waals surface area contributed by atoms with Gasteiger partial charge in [-0.25, -0.2) is 0 Å². The maximum atomic E-state index is 12.4. The summed E-state index contributed by atoms with van der Waals surface area (Å²) in [5.74, 6) is 0.0307. The smallest absolute Gasteiger partial charge is 0.416 e. The number of rotatable bonds is 1. The Hall–Kier alpha value is -2.04. The number of halogens is 3. The fraction of sp³-hybridized carbons (Fsp3) is 0.154. The first-order valence-corrected chi connectivity index (χ1v) is 5.21. The van der Waals surface area contributed by atoms with Gasteiger partial charge in [-0.2, -0.15) is 13.2 Å². The Morgan fingerprint density at radius 3 is 2.22 bits per heavy atom. The minimum absolute atomic E-state index is 0.0307. The van der Waals surface area contributed by atoms with Gasteiger partial charge in [0.25, 0.3) is 0 Å². The lowest BCUT2D eigenvalue weighted by Gasteiger charge is -2.09. The molecule has 1 N–H and O–H groups in total. The van der Waals surface area contributed by atoms with Crippen molar-refractivity contribution < 1.29 is 18.3 Å². The van der Waals surface area contributed by atoms with Crippen LogP contribution in [0.3, 0.4) is 0 Å². The van der Waals surface area contributed by atoms with E-state index >= 15 is 0 Å². The number of aromatic nitrogens is 1. The molecule has 18 heavy (non-hydrogen) atoms. The summed E-state index contributed by atoms with van der Waals surface area (Å²) >= 11 is 0. The third kappa shape index (κ3) is 2.45. The van der Waals surface area contributed by atoms with Crippen LogP contribution in [0.2, 0.25) is 0 Å². The Kier molecular flexibility index (Phi) is 2.98. The van der Waals surface area contributed by atoms with Crippen LogP contribution in [0.5, 0.6) is 5.75 Å². The van der Waals surface area contributed by atoms with Gasteiger partial charge in [0.05, 0.1) is 17.5 Å². The summed E-state index contributed by atoms with van der Waals surface area (Å²) < 4.78 is 37.2. The van der Waals surface area contributed by atoms with E-state index in [0.29, 0.717) is 16.8 Å². The van der Waals surface area contributed by atoms with Crippen LogP contribution >= 0.6 is 0 Å². The molecule has 1 aromatic heterocycles. The van der Waals surface area contributed by atoms with Crippen LogP contribution in [0.15, 0.2) is 36.5 Å². The molecule has 2 aromatic rings. The van der Waals surface area contributed by atoms with Crippen LogP contribution in [0.25, 0.3) is 11.3 Å². The molecule has 0 aliphatic heterocycles. The Balaban J connectivity index is 2.41. The molecule has 0 aliphatic rings. The normalized spacial score (nSPS) is 11.6. The molecule has 2 rings (SSSR count). The highest BCUT2D eigenvalue weighted by molar-refractivity contribution is 5.63. The molecular weight excluding hydrogens is 243 g/mol. The highest BCUT2D eigenvalue weighted by Gasteiger charge is 2.30. The van der Waals surface area contributed by atoms with Gasteiger partial charge in [-0.3, -0.25) is 4.98 Å². The molecule has 1 heterocycles. The van der Waals surface area contributed by atoms with Crippen molar-refractivity contribution in [2.45, 2.75) is 13.1 Å². The molecule has 0 radical (unpaired) electrons. The molecular formula is C13H10F3NO. The second kappa shape index (κ2) is 4.33. The van der Waals surface area contributed by atoms with Gasteiger partial charge in [0.15, 0.2) is 0 Å². The maximum Gasteiger partial charge on any atom is 0.416 e. The number of alkyl halides is 3.